The molecule has 0 spiro atoms. The monoisotopic (exact) mass is 203 g/mol. The van der Waals surface area contributed by atoms with E-state index >= 15 is 0 Å². The maximum atomic E-state index is 8.50. The van der Waals surface area contributed by atoms with Crippen molar-refractivity contribution in [1.29, 1.82) is 0 Å². The summed E-state index contributed by atoms with van der Waals surface area (Å²) in [6, 6.07) is 0. The van der Waals surface area contributed by atoms with E-state index in [1.807, 2.05) is 0 Å². The van der Waals surface area contributed by atoms with Gasteiger partial charge in [0.05, 0.1) is 0 Å². The predicted molar refractivity (Wildman–Crippen MR) is 2.06 cm³/mol. The Morgan fingerprint density at radius 3 is 1.20 bits per heavy atom. The third-order valence-electron chi connectivity index (χ3n) is 0. The quantitative estimate of drug-likeness (QED) is 0.506. The fourth-order valence-corrected chi connectivity index (χ4v) is 0. The molecule has 0 aliphatic heterocycles. The van der Waals surface area contributed by atoms with Gasteiger partial charge in [-0.15, -0.1) is 0 Å². The van der Waals surface area contributed by atoms with E-state index in [1.165, 1.54) is 0 Å². The van der Waals surface area contributed by atoms with Crippen molar-refractivity contribution in [3.05, 3.63) is 0 Å². The van der Waals surface area contributed by atoms with Crippen molar-refractivity contribution in [3.63, 3.8) is 0 Å². The summed E-state index contributed by atoms with van der Waals surface area (Å²) in [5.74, 6) is 0. The summed E-state index contributed by atoms with van der Waals surface area (Å²) in [6.45, 7) is 0. The van der Waals surface area contributed by atoms with Crippen LogP contribution in [-0.2, 0) is 50.0 Å². The van der Waals surface area contributed by atoms with E-state index in [-0.39, 0.29) is 0 Å². The van der Waals surface area contributed by atoms with Crippen molar-refractivity contribution in [2.45, 2.75) is 0 Å². The molecule has 0 aliphatic carbocycles. The van der Waals surface area contributed by atoms with Gasteiger partial charge in [0.15, 0.2) is 0 Å². The average Bonchev–Trinajstić information content (AvgIpc) is 1.46. The van der Waals surface area contributed by atoms with E-state index < -0.39 is 19.1 Å². The van der Waals surface area contributed by atoms with Gasteiger partial charge in [0.25, 0.3) is 0 Å². The molecule has 0 bridgehead atoms. The topological polar surface area (TPSA) is 51.2 Å². The van der Waals surface area contributed by atoms with Crippen LogP contribution in [0.1, 0.15) is 0 Å². The SMILES string of the molecule is [O]=[Ag].[O]=[Ti]=[O]. The van der Waals surface area contributed by atoms with E-state index in [2.05, 4.69) is 0 Å². The van der Waals surface area contributed by atoms with Crippen molar-refractivity contribution < 1.29 is 50.0 Å². The van der Waals surface area contributed by atoms with Crippen molar-refractivity contribution in [1.82, 2.24) is 0 Å². The molecule has 0 aliphatic rings. The number of rotatable bonds is 0. The summed E-state index contributed by atoms with van der Waals surface area (Å²) < 4.78 is 25.1. The molecule has 0 heterocycles. The van der Waals surface area contributed by atoms with Crippen LogP contribution in [-0.4, -0.2) is 0 Å². The van der Waals surface area contributed by atoms with Gasteiger partial charge in [-0.3, -0.25) is 0 Å². The fraction of sp³-hybridized carbons (Fsp3) is 0. The van der Waals surface area contributed by atoms with E-state index in [0.717, 1.165) is 0 Å². The van der Waals surface area contributed by atoms with Crippen LogP contribution in [0.25, 0.3) is 0 Å². The third-order valence-corrected chi connectivity index (χ3v) is 0. The van der Waals surface area contributed by atoms with Gasteiger partial charge in [-0.05, 0) is 0 Å². The maximum absolute atomic E-state index is 8.50. The second-order valence-corrected chi connectivity index (χ2v) is 0.344. The first-order valence-electron chi connectivity index (χ1n) is 0.531. The Kier molecular flexibility index (Phi) is 38.9. The molecule has 0 unspecified atom stereocenters. The molecule has 0 aromatic carbocycles. The summed E-state index contributed by atoms with van der Waals surface area (Å²) in [5.41, 5.74) is 0. The molecule has 3 nitrogen and oxygen atoms in total. The van der Waals surface area contributed by atoms with Crippen LogP contribution in [0.15, 0.2) is 0 Å². The Morgan fingerprint density at radius 2 is 1.20 bits per heavy atom. The van der Waals surface area contributed by atoms with Crippen molar-refractivity contribution in [2.75, 3.05) is 0 Å². The zero-order chi connectivity index (χ0) is 4.71. The Morgan fingerprint density at radius 1 is 1.20 bits per heavy atom. The van der Waals surface area contributed by atoms with Crippen LogP contribution >= 0.6 is 0 Å². The molecule has 0 aromatic rings. The Hall–Kier alpha value is 0.855. The Bertz CT molecular complexity index is 36.2. The Labute approximate surface area is 50.0 Å². The normalized spacial score (nSPS) is 2.80. The van der Waals surface area contributed by atoms with Gasteiger partial charge in [0.1, 0.15) is 0 Å². The molecule has 0 saturated heterocycles. The summed E-state index contributed by atoms with van der Waals surface area (Å²) in [4.78, 5) is 0. The molecule has 0 rings (SSSR count). The average molecular weight is 204 g/mol. The minimum atomic E-state index is -2.00. The van der Waals surface area contributed by atoms with E-state index in [1.54, 1.807) is 21.0 Å². The van der Waals surface area contributed by atoms with Crippen LogP contribution < -0.4 is 0 Å². The van der Waals surface area contributed by atoms with Crippen molar-refractivity contribution in [2.24, 2.45) is 0 Å². The molecule has 5 heteroatoms. The van der Waals surface area contributed by atoms with E-state index in [0.29, 0.717) is 0 Å². The molecule has 33 valence electrons. The van der Waals surface area contributed by atoms with E-state index in [4.69, 9.17) is 9.90 Å². The molecular formula is AgO3Ti. The van der Waals surface area contributed by atoms with Crippen LogP contribution in [0.5, 0.6) is 0 Å². The summed E-state index contributed by atoms with van der Waals surface area (Å²) in [7, 11) is 0. The molecule has 0 radical (unpaired) electrons. The summed E-state index contributed by atoms with van der Waals surface area (Å²) in [6.07, 6.45) is 0. The van der Waals surface area contributed by atoms with Crippen molar-refractivity contribution in [3.8, 4) is 0 Å². The molecule has 0 atom stereocenters. The van der Waals surface area contributed by atoms with Crippen LogP contribution in [0.2, 0.25) is 0 Å². The summed E-state index contributed by atoms with van der Waals surface area (Å²) >= 11 is -0.300. The van der Waals surface area contributed by atoms with Gasteiger partial charge in [0, 0.05) is 0 Å². The fourth-order valence-electron chi connectivity index (χ4n) is 0. The van der Waals surface area contributed by atoms with Crippen LogP contribution in [0.4, 0.5) is 0 Å². The first-order valence-corrected chi connectivity index (χ1v) is 2.41. The number of hydrogen-bond donors (Lipinski definition) is 0. The van der Waals surface area contributed by atoms with Gasteiger partial charge < -0.3 is 0 Å². The van der Waals surface area contributed by atoms with Crippen LogP contribution in [0.3, 0.4) is 0 Å². The van der Waals surface area contributed by atoms with Gasteiger partial charge in [0.2, 0.25) is 0 Å². The first-order chi connectivity index (χ1) is 2.41. The second-order valence-electron chi connectivity index (χ2n) is 0.0833. The standard InChI is InChI=1S/Ag.3O.Ti. The van der Waals surface area contributed by atoms with Crippen LogP contribution in [0, 0.1) is 0 Å². The molecule has 0 saturated carbocycles. The zero-order valence-corrected chi connectivity index (χ0v) is 5.07. The molecule has 0 amide bonds. The predicted octanol–water partition coefficient (Wildman–Crippen LogP) is -0.361. The first kappa shape index (κ1) is 9.29. The molecule has 0 aromatic heterocycles. The molecule has 5 heavy (non-hydrogen) atoms. The zero-order valence-electron chi connectivity index (χ0n) is 2.03. The van der Waals surface area contributed by atoms with Gasteiger partial charge in [-0.1, -0.05) is 0 Å². The number of hydrogen-bond acceptors (Lipinski definition) is 3. The van der Waals surface area contributed by atoms with Gasteiger partial charge in [-0.2, -0.15) is 0 Å². The third kappa shape index (κ3) is 54.2. The Balaban J connectivity index is 0. The molecule has 0 N–H and O–H groups in total. The second kappa shape index (κ2) is 21.0. The minimum absolute atomic E-state index is 1.70. The van der Waals surface area contributed by atoms with Gasteiger partial charge in [-0.25, -0.2) is 0 Å². The van der Waals surface area contributed by atoms with Gasteiger partial charge >= 0.3 is 50.0 Å². The van der Waals surface area contributed by atoms with E-state index in [9.17, 15) is 0 Å². The summed E-state index contributed by atoms with van der Waals surface area (Å²) in [5, 5.41) is 0. The molecule has 0 fully saturated rings. The van der Waals surface area contributed by atoms with Crippen molar-refractivity contribution >= 4 is 0 Å². The molecular weight excluding hydrogens is 204 g/mol.